The van der Waals surface area contributed by atoms with E-state index in [0.717, 1.165) is 14.4 Å². The molecule has 0 aliphatic carbocycles. The monoisotopic (exact) mass is 319 g/mol. The van der Waals surface area contributed by atoms with Crippen LogP contribution < -0.4 is 4.74 Å². The third-order valence-electron chi connectivity index (χ3n) is 1.60. The van der Waals surface area contributed by atoms with Gasteiger partial charge in [0, 0.05) is 28.8 Å². The molecule has 0 atom stereocenters. The third kappa shape index (κ3) is 1.85. The fraction of sp³-hybridized carbons (Fsp3) is 0.125. The van der Waals surface area contributed by atoms with E-state index in [0.29, 0.717) is 5.88 Å². The van der Waals surface area contributed by atoms with Crippen molar-refractivity contribution < 1.29 is 4.74 Å². The molecule has 2 aromatic heterocycles. The summed E-state index contributed by atoms with van der Waals surface area (Å²) in [5.41, 5.74) is 0.885. The molecule has 14 heavy (non-hydrogen) atoms. The van der Waals surface area contributed by atoms with Crippen LogP contribution in [0.3, 0.4) is 0 Å². The lowest BCUT2D eigenvalue weighted by molar-refractivity contribution is 0.399. The molecule has 72 valence electrons. The Balaban J connectivity index is 2.50. The Morgan fingerprint density at radius 1 is 1.50 bits per heavy atom. The molecule has 2 aromatic rings. The van der Waals surface area contributed by atoms with E-state index in [9.17, 15) is 0 Å². The highest BCUT2D eigenvalue weighted by molar-refractivity contribution is 14.1. The van der Waals surface area contributed by atoms with Crippen molar-refractivity contribution in [3.63, 3.8) is 0 Å². The molecule has 0 aliphatic rings. The first kappa shape index (κ1) is 9.78. The fourth-order valence-electron chi connectivity index (χ4n) is 1.03. The molecule has 0 bridgehead atoms. The van der Waals surface area contributed by atoms with Crippen molar-refractivity contribution in [2.24, 2.45) is 0 Å². The number of halogens is 1. The molecule has 0 saturated carbocycles. The first-order chi connectivity index (χ1) is 6.81. The summed E-state index contributed by atoms with van der Waals surface area (Å²) in [5, 5.41) is 0.833. The Bertz CT molecular complexity index is 446. The third-order valence-corrected chi connectivity index (χ3v) is 3.15. The standard InChI is InChI=1S/C8H6IN3OS/c1-13-6-5(3-2-4-10-6)7-11-8(9)12-14-7/h2-4H,1H3. The van der Waals surface area contributed by atoms with E-state index < -0.39 is 0 Å². The van der Waals surface area contributed by atoms with Crippen LogP contribution in [-0.4, -0.2) is 21.5 Å². The van der Waals surface area contributed by atoms with E-state index >= 15 is 0 Å². The molecule has 0 fully saturated rings. The first-order valence-corrected chi connectivity index (χ1v) is 5.65. The van der Waals surface area contributed by atoms with Gasteiger partial charge in [0.15, 0.2) is 0 Å². The Hall–Kier alpha value is -0.760. The highest BCUT2D eigenvalue weighted by atomic mass is 127. The van der Waals surface area contributed by atoms with Crippen molar-refractivity contribution in [3.05, 3.63) is 22.2 Å². The van der Waals surface area contributed by atoms with Crippen molar-refractivity contribution in [2.75, 3.05) is 7.11 Å². The number of hydrogen-bond donors (Lipinski definition) is 0. The normalized spacial score (nSPS) is 10.1. The maximum absolute atomic E-state index is 5.13. The van der Waals surface area contributed by atoms with Gasteiger partial charge < -0.3 is 4.74 Å². The molecule has 0 spiro atoms. The molecule has 0 saturated heterocycles. The molecule has 6 heteroatoms. The summed E-state index contributed by atoms with van der Waals surface area (Å²) in [7, 11) is 1.60. The molecule has 0 N–H and O–H groups in total. The second kappa shape index (κ2) is 4.18. The zero-order valence-electron chi connectivity index (χ0n) is 7.27. The highest BCUT2D eigenvalue weighted by Crippen LogP contribution is 2.28. The van der Waals surface area contributed by atoms with E-state index in [1.54, 1.807) is 13.3 Å². The number of pyridine rings is 1. The minimum atomic E-state index is 0.583. The van der Waals surface area contributed by atoms with Crippen LogP contribution in [0.4, 0.5) is 0 Å². The van der Waals surface area contributed by atoms with Gasteiger partial charge in [0.25, 0.3) is 0 Å². The average molecular weight is 319 g/mol. The number of aromatic nitrogens is 3. The number of methoxy groups -OCH3 is 1. The van der Waals surface area contributed by atoms with Crippen LogP contribution in [-0.2, 0) is 0 Å². The largest absolute Gasteiger partial charge is 0.480 e. The van der Waals surface area contributed by atoms with Gasteiger partial charge in [-0.1, -0.05) is 0 Å². The van der Waals surface area contributed by atoms with Gasteiger partial charge in [-0.2, -0.15) is 4.37 Å². The van der Waals surface area contributed by atoms with Gasteiger partial charge in [-0.05, 0) is 23.7 Å². The fourth-order valence-corrected chi connectivity index (χ4v) is 2.32. The number of ether oxygens (including phenoxy) is 1. The first-order valence-electron chi connectivity index (χ1n) is 3.80. The summed E-state index contributed by atoms with van der Waals surface area (Å²) in [5.74, 6) is 0.583. The van der Waals surface area contributed by atoms with Gasteiger partial charge in [-0.15, -0.1) is 0 Å². The summed E-state index contributed by atoms with van der Waals surface area (Å²) in [6.45, 7) is 0. The second-order valence-corrected chi connectivity index (χ2v) is 4.15. The van der Waals surface area contributed by atoms with E-state index in [1.807, 2.05) is 12.1 Å². The van der Waals surface area contributed by atoms with Crippen molar-refractivity contribution in [3.8, 4) is 16.5 Å². The quantitative estimate of drug-likeness (QED) is 0.797. The van der Waals surface area contributed by atoms with Crippen LogP contribution >= 0.6 is 34.1 Å². The predicted molar refractivity (Wildman–Crippen MR) is 62.4 cm³/mol. The predicted octanol–water partition coefficient (Wildman–Crippen LogP) is 2.21. The Morgan fingerprint density at radius 3 is 3.00 bits per heavy atom. The Labute approximate surface area is 98.7 Å². The van der Waals surface area contributed by atoms with Gasteiger partial charge in [0.1, 0.15) is 5.01 Å². The van der Waals surface area contributed by atoms with Gasteiger partial charge >= 0.3 is 0 Å². The molecule has 0 aromatic carbocycles. The summed E-state index contributed by atoms with van der Waals surface area (Å²) < 4.78 is 9.98. The van der Waals surface area contributed by atoms with Crippen LogP contribution in [0.1, 0.15) is 0 Å². The summed E-state index contributed by atoms with van der Waals surface area (Å²) in [6.07, 6.45) is 1.69. The SMILES string of the molecule is COc1ncccc1-c1nc(I)ns1. The Kier molecular flexibility index (Phi) is 2.92. The maximum Gasteiger partial charge on any atom is 0.223 e. The van der Waals surface area contributed by atoms with Gasteiger partial charge in [-0.3, -0.25) is 0 Å². The van der Waals surface area contributed by atoms with Gasteiger partial charge in [-0.25, -0.2) is 9.97 Å². The van der Waals surface area contributed by atoms with Crippen LogP contribution in [0.5, 0.6) is 5.88 Å². The smallest absolute Gasteiger partial charge is 0.223 e. The van der Waals surface area contributed by atoms with Crippen molar-refractivity contribution in [1.82, 2.24) is 14.3 Å². The zero-order chi connectivity index (χ0) is 9.97. The molecule has 4 nitrogen and oxygen atoms in total. The molecule has 2 heterocycles. The number of nitrogens with zero attached hydrogens (tertiary/aromatic N) is 3. The number of rotatable bonds is 2. The van der Waals surface area contributed by atoms with E-state index in [2.05, 4.69) is 36.9 Å². The summed E-state index contributed by atoms with van der Waals surface area (Å²) >= 11 is 3.42. The van der Waals surface area contributed by atoms with E-state index in [-0.39, 0.29) is 0 Å². The molecule has 2 rings (SSSR count). The molecular formula is C8H6IN3OS. The lowest BCUT2D eigenvalue weighted by Gasteiger charge is -2.02. The maximum atomic E-state index is 5.13. The van der Waals surface area contributed by atoms with Crippen LogP contribution in [0, 0.1) is 3.83 Å². The number of hydrogen-bond acceptors (Lipinski definition) is 5. The molecule has 0 unspecified atom stereocenters. The second-order valence-electron chi connectivity index (χ2n) is 2.43. The minimum Gasteiger partial charge on any atom is -0.480 e. The average Bonchev–Trinajstić information content (AvgIpc) is 2.65. The lowest BCUT2D eigenvalue weighted by Crippen LogP contribution is -1.90. The summed E-state index contributed by atoms with van der Waals surface area (Å²) in [4.78, 5) is 8.36. The molecule has 0 amide bonds. The van der Waals surface area contributed by atoms with Crippen LogP contribution in [0.25, 0.3) is 10.6 Å². The topological polar surface area (TPSA) is 47.9 Å². The highest BCUT2D eigenvalue weighted by Gasteiger charge is 2.10. The van der Waals surface area contributed by atoms with Gasteiger partial charge in [0.05, 0.1) is 12.7 Å². The van der Waals surface area contributed by atoms with E-state index in [1.165, 1.54) is 11.5 Å². The van der Waals surface area contributed by atoms with Crippen LogP contribution in [0.2, 0.25) is 0 Å². The van der Waals surface area contributed by atoms with E-state index in [4.69, 9.17) is 4.74 Å². The van der Waals surface area contributed by atoms with Crippen molar-refractivity contribution >= 4 is 34.1 Å². The van der Waals surface area contributed by atoms with Crippen molar-refractivity contribution in [2.45, 2.75) is 0 Å². The molecular weight excluding hydrogens is 313 g/mol. The lowest BCUT2D eigenvalue weighted by atomic mass is 10.3. The summed E-state index contributed by atoms with van der Waals surface area (Å²) in [6, 6.07) is 3.77. The van der Waals surface area contributed by atoms with Crippen molar-refractivity contribution in [1.29, 1.82) is 0 Å². The minimum absolute atomic E-state index is 0.583. The molecule has 0 radical (unpaired) electrons. The van der Waals surface area contributed by atoms with Crippen LogP contribution in [0.15, 0.2) is 18.3 Å². The van der Waals surface area contributed by atoms with Gasteiger partial charge in [0.2, 0.25) is 9.71 Å². The molecule has 0 aliphatic heterocycles. The zero-order valence-corrected chi connectivity index (χ0v) is 10.2. The Morgan fingerprint density at radius 2 is 2.36 bits per heavy atom.